The Morgan fingerprint density at radius 2 is 1.86 bits per heavy atom. The van der Waals surface area contributed by atoms with Crippen LogP contribution in [0.15, 0.2) is 48.5 Å². The van der Waals surface area contributed by atoms with Gasteiger partial charge in [0.25, 0.3) is 0 Å². The van der Waals surface area contributed by atoms with Crippen molar-refractivity contribution in [2.24, 2.45) is 10.8 Å². The second-order valence-electron chi connectivity index (χ2n) is 12.3. The number of methoxy groups -OCH3 is 1. The van der Waals surface area contributed by atoms with Gasteiger partial charge in [0.05, 0.1) is 29.8 Å². The van der Waals surface area contributed by atoms with Crippen molar-refractivity contribution in [1.29, 1.82) is 5.26 Å². The molecule has 10 nitrogen and oxygen atoms in total. The number of ether oxygens (including phenoxy) is 2. The number of nitrogens with zero attached hydrogens (tertiary/aromatic N) is 6. The zero-order valence-electron chi connectivity index (χ0n) is 24.1. The van der Waals surface area contributed by atoms with E-state index in [1.807, 2.05) is 11.0 Å². The Balaban J connectivity index is 1.05. The van der Waals surface area contributed by atoms with Gasteiger partial charge in [-0.2, -0.15) is 10.2 Å². The zero-order valence-corrected chi connectivity index (χ0v) is 24.8. The number of anilines is 2. The molecular formula is C32H30ClFN6O4. The lowest BCUT2D eigenvalue weighted by Crippen LogP contribution is -2.73. The van der Waals surface area contributed by atoms with Crippen molar-refractivity contribution in [3.63, 3.8) is 0 Å². The molecule has 1 aliphatic carbocycles. The summed E-state index contributed by atoms with van der Waals surface area (Å²) in [7, 11) is 1.56. The first-order valence-electron chi connectivity index (χ1n) is 14.4. The fourth-order valence-electron chi connectivity index (χ4n) is 6.43. The van der Waals surface area contributed by atoms with Crippen LogP contribution in [0, 0.1) is 28.0 Å². The predicted molar refractivity (Wildman–Crippen MR) is 162 cm³/mol. The van der Waals surface area contributed by atoms with E-state index < -0.39 is 11.8 Å². The molecule has 2 aromatic carbocycles. The van der Waals surface area contributed by atoms with Crippen molar-refractivity contribution >= 4 is 40.4 Å². The SMILES string of the molecule is COc1cc(Cl)ccc1COc1ccc(F)c(N2CC3(C2)CN(c2nc4ccc(C(=O)O)cc4n2CC2(CC#N)CC2)C3)n1. The molecule has 4 heterocycles. The minimum atomic E-state index is -0.989. The number of carboxylic acid groups (broad SMARTS) is 1. The number of benzene rings is 2. The Hall–Kier alpha value is -4.56. The van der Waals surface area contributed by atoms with Crippen molar-refractivity contribution in [2.75, 3.05) is 43.1 Å². The van der Waals surface area contributed by atoms with Crippen LogP contribution < -0.4 is 19.3 Å². The number of aromatic nitrogens is 3. The van der Waals surface area contributed by atoms with Crippen LogP contribution in [0.3, 0.4) is 0 Å². The van der Waals surface area contributed by atoms with Crippen LogP contribution in [0.5, 0.6) is 11.6 Å². The van der Waals surface area contributed by atoms with Gasteiger partial charge in [0.2, 0.25) is 11.8 Å². The standard InChI is InChI=1S/C32H30ClFN6O4/c1-43-26-13-22(33)4-2-21(26)14-44-27-7-5-23(34)28(37-27)38-15-32(16-38)17-39(18-32)30-36-24-6-3-20(29(41)42)12-25(24)40(30)19-31(8-9-31)10-11-35/h2-7,12-13H,8-10,14-19H2,1H3,(H,41,42). The van der Waals surface area contributed by atoms with E-state index in [2.05, 4.69) is 20.5 Å². The van der Waals surface area contributed by atoms with Gasteiger partial charge in [-0.25, -0.2) is 14.2 Å². The molecule has 3 aliphatic rings. The molecule has 1 spiro atoms. The van der Waals surface area contributed by atoms with Gasteiger partial charge in [-0.3, -0.25) is 0 Å². The zero-order chi connectivity index (χ0) is 30.6. The van der Waals surface area contributed by atoms with Crippen LogP contribution >= 0.6 is 11.6 Å². The van der Waals surface area contributed by atoms with Crippen LogP contribution in [0.1, 0.15) is 35.2 Å². The Morgan fingerprint density at radius 1 is 1.09 bits per heavy atom. The van der Waals surface area contributed by atoms with Gasteiger partial charge in [-0.05, 0) is 49.2 Å². The van der Waals surface area contributed by atoms with E-state index in [0.29, 0.717) is 42.7 Å². The van der Waals surface area contributed by atoms with Crippen LogP contribution in [0.25, 0.3) is 11.0 Å². The Labute approximate surface area is 258 Å². The van der Waals surface area contributed by atoms with E-state index in [-0.39, 0.29) is 28.8 Å². The van der Waals surface area contributed by atoms with Crippen LogP contribution in [-0.2, 0) is 13.2 Å². The topological polar surface area (TPSA) is 117 Å². The number of hydrogen-bond acceptors (Lipinski definition) is 8. The highest BCUT2D eigenvalue weighted by atomic mass is 35.5. The average Bonchev–Trinajstić information content (AvgIpc) is 3.64. The first-order chi connectivity index (χ1) is 21.2. The van der Waals surface area contributed by atoms with Gasteiger partial charge in [0.1, 0.15) is 12.4 Å². The predicted octanol–water partition coefficient (Wildman–Crippen LogP) is 5.53. The number of aromatic carboxylic acids is 1. The lowest BCUT2D eigenvalue weighted by Gasteiger charge is -2.60. The molecule has 226 valence electrons. The summed E-state index contributed by atoms with van der Waals surface area (Å²) in [5, 5.41) is 19.5. The summed E-state index contributed by atoms with van der Waals surface area (Å²) in [6, 6.07) is 15.5. The number of rotatable bonds is 10. The van der Waals surface area contributed by atoms with Gasteiger partial charge >= 0.3 is 5.97 Å². The molecule has 2 saturated heterocycles. The highest BCUT2D eigenvalue weighted by molar-refractivity contribution is 6.30. The number of fused-ring (bicyclic) bond motifs is 1. The Morgan fingerprint density at radius 3 is 2.57 bits per heavy atom. The molecule has 1 N–H and O–H groups in total. The molecule has 12 heteroatoms. The molecule has 0 radical (unpaired) electrons. The largest absolute Gasteiger partial charge is 0.496 e. The number of carboxylic acids is 1. The fourth-order valence-corrected chi connectivity index (χ4v) is 6.60. The van der Waals surface area contributed by atoms with E-state index >= 15 is 0 Å². The van der Waals surface area contributed by atoms with Crippen LogP contribution in [-0.4, -0.2) is 58.9 Å². The quantitative estimate of drug-likeness (QED) is 0.245. The highest BCUT2D eigenvalue weighted by Gasteiger charge is 2.54. The van der Waals surface area contributed by atoms with Crippen molar-refractivity contribution in [3.05, 3.63) is 70.5 Å². The molecule has 0 unspecified atom stereocenters. The summed E-state index contributed by atoms with van der Waals surface area (Å²) in [6.07, 6.45) is 2.38. The molecule has 4 aromatic rings. The number of pyridine rings is 1. The summed E-state index contributed by atoms with van der Waals surface area (Å²) in [5.74, 6) is 0.568. The summed E-state index contributed by atoms with van der Waals surface area (Å²) in [5.41, 5.74) is 2.38. The van der Waals surface area contributed by atoms with E-state index in [4.69, 9.17) is 26.1 Å². The lowest BCUT2D eigenvalue weighted by molar-refractivity contribution is 0.0697. The van der Waals surface area contributed by atoms with Gasteiger partial charge in [0, 0.05) is 66.6 Å². The molecular weight excluding hydrogens is 587 g/mol. The van der Waals surface area contributed by atoms with Crippen LogP contribution in [0.2, 0.25) is 5.02 Å². The minimum Gasteiger partial charge on any atom is -0.496 e. The maximum Gasteiger partial charge on any atom is 0.335 e. The normalized spacial score (nSPS) is 17.6. The summed E-state index contributed by atoms with van der Waals surface area (Å²) >= 11 is 6.06. The lowest BCUT2D eigenvalue weighted by atomic mass is 9.73. The van der Waals surface area contributed by atoms with E-state index in [0.717, 1.165) is 48.5 Å². The molecule has 7 rings (SSSR count). The molecule has 0 atom stereocenters. The van der Waals surface area contributed by atoms with Crippen molar-refractivity contribution in [3.8, 4) is 17.7 Å². The number of imidazole rings is 1. The molecule has 3 fully saturated rings. The average molecular weight is 617 g/mol. The number of nitriles is 1. The van der Waals surface area contributed by atoms with Gasteiger partial charge < -0.3 is 28.9 Å². The highest BCUT2D eigenvalue weighted by Crippen LogP contribution is 2.52. The summed E-state index contributed by atoms with van der Waals surface area (Å²) in [4.78, 5) is 25.2. The maximum atomic E-state index is 14.9. The van der Waals surface area contributed by atoms with Gasteiger partial charge in [-0.1, -0.05) is 17.7 Å². The maximum absolute atomic E-state index is 14.9. The summed E-state index contributed by atoms with van der Waals surface area (Å²) < 4.78 is 28.2. The first-order valence-corrected chi connectivity index (χ1v) is 14.8. The number of hydrogen-bond donors (Lipinski definition) is 1. The smallest absolute Gasteiger partial charge is 0.335 e. The Kier molecular flexibility index (Phi) is 6.77. The third-order valence-electron chi connectivity index (χ3n) is 8.99. The molecule has 2 aromatic heterocycles. The second kappa shape index (κ2) is 10.6. The number of halogens is 2. The van der Waals surface area contributed by atoms with Crippen molar-refractivity contribution in [2.45, 2.75) is 32.4 Å². The fraction of sp³-hybridized carbons (Fsp3) is 0.375. The van der Waals surface area contributed by atoms with Crippen molar-refractivity contribution < 1.29 is 23.8 Å². The second-order valence-corrected chi connectivity index (χ2v) is 12.7. The first kappa shape index (κ1) is 28.2. The molecule has 0 amide bonds. The third-order valence-corrected chi connectivity index (χ3v) is 9.23. The molecule has 44 heavy (non-hydrogen) atoms. The van der Waals surface area contributed by atoms with E-state index in [9.17, 15) is 19.6 Å². The molecule has 0 bridgehead atoms. The van der Waals surface area contributed by atoms with Gasteiger partial charge in [0.15, 0.2) is 11.6 Å². The van der Waals surface area contributed by atoms with Crippen molar-refractivity contribution in [1.82, 2.24) is 14.5 Å². The van der Waals surface area contributed by atoms with E-state index in [1.165, 1.54) is 12.1 Å². The molecule has 2 aliphatic heterocycles. The van der Waals surface area contributed by atoms with Crippen LogP contribution in [0.4, 0.5) is 16.2 Å². The summed E-state index contributed by atoms with van der Waals surface area (Å²) in [6.45, 7) is 3.57. The minimum absolute atomic E-state index is 0.0270. The van der Waals surface area contributed by atoms with Gasteiger partial charge in [-0.15, -0.1) is 0 Å². The van der Waals surface area contributed by atoms with E-state index in [1.54, 1.807) is 37.4 Å². The Bertz CT molecular complexity index is 1820. The monoisotopic (exact) mass is 616 g/mol. The third kappa shape index (κ3) is 5.03. The number of carbonyl (C=O) groups is 1. The molecule has 1 saturated carbocycles.